The van der Waals surface area contributed by atoms with Crippen molar-refractivity contribution in [2.24, 2.45) is 0 Å². The lowest BCUT2D eigenvalue weighted by Gasteiger charge is -2.25. The van der Waals surface area contributed by atoms with Crippen molar-refractivity contribution in [3.05, 3.63) is 24.2 Å². The van der Waals surface area contributed by atoms with Crippen LogP contribution >= 0.6 is 23.1 Å². The third-order valence-corrected chi connectivity index (χ3v) is 7.93. The van der Waals surface area contributed by atoms with Crippen molar-refractivity contribution in [1.82, 2.24) is 15.1 Å². The summed E-state index contributed by atoms with van der Waals surface area (Å²) in [6.45, 7) is 2.31. The minimum Gasteiger partial charge on any atom is -0.467 e. The van der Waals surface area contributed by atoms with E-state index in [-0.39, 0.29) is 28.7 Å². The van der Waals surface area contributed by atoms with Crippen LogP contribution in [0.4, 0.5) is 5.13 Å². The molecular formula is C15H20N4O4S3. The van der Waals surface area contributed by atoms with Crippen molar-refractivity contribution in [3.63, 3.8) is 0 Å². The maximum absolute atomic E-state index is 12.6. The predicted octanol–water partition coefficient (Wildman–Crippen LogP) is 1.87. The molecular weight excluding hydrogens is 396 g/mol. The molecule has 0 radical (unpaired) electrons. The van der Waals surface area contributed by atoms with Crippen LogP contribution < -0.4 is 5.32 Å². The van der Waals surface area contributed by atoms with Gasteiger partial charge < -0.3 is 14.6 Å². The van der Waals surface area contributed by atoms with Crippen LogP contribution in [0.3, 0.4) is 0 Å². The molecule has 11 heteroatoms. The number of sulfone groups is 1. The van der Waals surface area contributed by atoms with Crippen LogP contribution in [0.2, 0.25) is 0 Å². The number of anilines is 1. The van der Waals surface area contributed by atoms with Crippen LogP contribution in [-0.4, -0.2) is 59.3 Å². The van der Waals surface area contributed by atoms with Crippen LogP contribution in [0.1, 0.15) is 19.1 Å². The van der Waals surface area contributed by atoms with Crippen LogP contribution in [0.5, 0.6) is 0 Å². The van der Waals surface area contributed by atoms with Crippen molar-refractivity contribution >= 4 is 44.0 Å². The summed E-state index contributed by atoms with van der Waals surface area (Å²) in [7, 11) is -1.35. The molecule has 0 unspecified atom stereocenters. The minimum absolute atomic E-state index is 0.0479. The van der Waals surface area contributed by atoms with Crippen molar-refractivity contribution < 1.29 is 17.6 Å². The smallest absolute Gasteiger partial charge is 0.235 e. The van der Waals surface area contributed by atoms with Gasteiger partial charge in [0.05, 0.1) is 29.6 Å². The van der Waals surface area contributed by atoms with Crippen molar-refractivity contribution in [1.29, 1.82) is 0 Å². The van der Waals surface area contributed by atoms with E-state index in [0.717, 1.165) is 5.76 Å². The van der Waals surface area contributed by atoms with Gasteiger partial charge >= 0.3 is 0 Å². The van der Waals surface area contributed by atoms with Gasteiger partial charge in [0.25, 0.3) is 0 Å². The Bertz CT molecular complexity index is 850. The van der Waals surface area contributed by atoms with Gasteiger partial charge in [-0.15, -0.1) is 10.2 Å². The van der Waals surface area contributed by atoms with Crippen molar-refractivity contribution in [3.8, 4) is 0 Å². The van der Waals surface area contributed by atoms with Crippen molar-refractivity contribution in [2.75, 3.05) is 23.9 Å². The Morgan fingerprint density at radius 2 is 2.35 bits per heavy atom. The molecule has 3 heterocycles. The normalized spacial score (nSPS) is 20.0. The fourth-order valence-electron chi connectivity index (χ4n) is 2.65. The second-order valence-electron chi connectivity index (χ2n) is 6.07. The highest BCUT2D eigenvalue weighted by molar-refractivity contribution is 8.02. The molecule has 142 valence electrons. The number of carbonyl (C=O) groups excluding carboxylic acids is 1. The van der Waals surface area contributed by atoms with Gasteiger partial charge in [0.15, 0.2) is 14.2 Å². The third-order valence-electron chi connectivity index (χ3n) is 4.13. The summed E-state index contributed by atoms with van der Waals surface area (Å²) in [5.74, 6) is 0.896. The molecule has 1 aliphatic heterocycles. The van der Waals surface area contributed by atoms with Crippen LogP contribution in [0.15, 0.2) is 27.2 Å². The monoisotopic (exact) mass is 416 g/mol. The SMILES string of the molecule is C[C@H](Sc1nnc(NCc2ccco2)s1)C(=O)N(C)[C@@H]1CCS(=O)(=O)C1. The second-order valence-corrected chi connectivity index (χ2v) is 10.9. The lowest BCUT2D eigenvalue weighted by molar-refractivity contribution is -0.130. The fraction of sp³-hybridized carbons (Fsp3) is 0.533. The van der Waals surface area contributed by atoms with Gasteiger partial charge in [0.1, 0.15) is 5.76 Å². The van der Waals surface area contributed by atoms with Crippen LogP contribution in [-0.2, 0) is 21.2 Å². The number of hydrogen-bond donors (Lipinski definition) is 1. The summed E-state index contributed by atoms with van der Waals surface area (Å²) in [4.78, 5) is 14.1. The molecule has 26 heavy (non-hydrogen) atoms. The van der Waals surface area contributed by atoms with Gasteiger partial charge in [-0.3, -0.25) is 4.79 Å². The van der Waals surface area contributed by atoms with E-state index in [2.05, 4.69) is 15.5 Å². The van der Waals surface area contributed by atoms with Gasteiger partial charge in [0, 0.05) is 13.1 Å². The molecule has 0 aromatic carbocycles. The molecule has 1 fully saturated rings. The third kappa shape index (κ3) is 4.77. The molecule has 0 bridgehead atoms. The lowest BCUT2D eigenvalue weighted by atomic mass is 10.2. The number of thioether (sulfide) groups is 1. The Hall–Kier alpha value is -1.59. The highest BCUT2D eigenvalue weighted by Gasteiger charge is 2.34. The van der Waals surface area contributed by atoms with E-state index >= 15 is 0 Å². The quantitative estimate of drug-likeness (QED) is 0.682. The van der Waals surface area contributed by atoms with E-state index in [4.69, 9.17) is 4.42 Å². The van der Waals surface area contributed by atoms with Crippen LogP contribution in [0, 0.1) is 0 Å². The number of aromatic nitrogens is 2. The number of furan rings is 1. The Morgan fingerprint density at radius 3 is 3.00 bits per heavy atom. The van der Waals surface area contributed by atoms with Crippen LogP contribution in [0.25, 0.3) is 0 Å². The number of nitrogens with one attached hydrogen (secondary N) is 1. The van der Waals surface area contributed by atoms with E-state index in [1.54, 1.807) is 25.1 Å². The maximum Gasteiger partial charge on any atom is 0.235 e. The van der Waals surface area contributed by atoms with E-state index in [9.17, 15) is 13.2 Å². The van der Waals surface area contributed by atoms with Crippen molar-refractivity contribution in [2.45, 2.75) is 35.5 Å². The van der Waals surface area contributed by atoms with E-state index in [1.807, 2.05) is 12.1 Å². The molecule has 0 spiro atoms. The maximum atomic E-state index is 12.6. The molecule has 1 aliphatic rings. The van der Waals surface area contributed by atoms with Gasteiger partial charge in [-0.2, -0.15) is 0 Å². The summed E-state index contributed by atoms with van der Waals surface area (Å²) >= 11 is 2.69. The van der Waals surface area contributed by atoms with E-state index in [0.29, 0.717) is 22.4 Å². The molecule has 2 aromatic rings. The average molecular weight is 417 g/mol. The first-order valence-corrected chi connectivity index (χ1v) is 11.6. The highest BCUT2D eigenvalue weighted by Crippen LogP contribution is 2.30. The Morgan fingerprint density at radius 1 is 1.54 bits per heavy atom. The number of hydrogen-bond acceptors (Lipinski definition) is 9. The second kappa shape index (κ2) is 7.97. The van der Waals surface area contributed by atoms with Gasteiger partial charge in [0.2, 0.25) is 11.0 Å². The zero-order valence-electron chi connectivity index (χ0n) is 14.4. The number of rotatable bonds is 7. The highest BCUT2D eigenvalue weighted by atomic mass is 32.2. The summed E-state index contributed by atoms with van der Waals surface area (Å²) in [5.41, 5.74) is 0. The largest absolute Gasteiger partial charge is 0.467 e. The molecule has 1 N–H and O–H groups in total. The first kappa shape index (κ1) is 19.2. The fourth-order valence-corrected chi connectivity index (χ4v) is 6.42. The molecule has 3 rings (SSSR count). The molecule has 2 aromatic heterocycles. The summed E-state index contributed by atoms with van der Waals surface area (Å²) in [5, 5.41) is 11.6. The number of amides is 1. The molecule has 8 nitrogen and oxygen atoms in total. The predicted molar refractivity (Wildman–Crippen MR) is 101 cm³/mol. The van der Waals surface area contributed by atoms with Gasteiger partial charge in [-0.05, 0) is 25.5 Å². The first-order valence-electron chi connectivity index (χ1n) is 8.07. The van der Waals surface area contributed by atoms with E-state index < -0.39 is 9.84 Å². The Labute approximate surface area is 160 Å². The molecule has 0 saturated carbocycles. The van der Waals surface area contributed by atoms with E-state index in [1.165, 1.54) is 23.1 Å². The Balaban J connectivity index is 1.52. The topological polar surface area (TPSA) is 105 Å². The van der Waals surface area contributed by atoms with Gasteiger partial charge in [-0.25, -0.2) is 8.42 Å². The van der Waals surface area contributed by atoms with Gasteiger partial charge in [-0.1, -0.05) is 23.1 Å². The molecule has 0 aliphatic carbocycles. The lowest BCUT2D eigenvalue weighted by Crippen LogP contribution is -2.41. The average Bonchev–Trinajstić information content (AvgIpc) is 3.32. The number of nitrogens with zero attached hydrogens (tertiary/aromatic N) is 3. The zero-order valence-corrected chi connectivity index (χ0v) is 16.9. The Kier molecular flexibility index (Phi) is 5.88. The molecule has 1 amide bonds. The minimum atomic E-state index is -3.02. The number of carbonyl (C=O) groups is 1. The summed E-state index contributed by atoms with van der Waals surface area (Å²) in [6.07, 6.45) is 2.11. The molecule has 2 atom stereocenters. The standard InChI is InChI=1S/C15H20N4O4S3/c1-10(13(20)19(2)11-5-7-26(21,22)9-11)24-15-18-17-14(25-15)16-8-12-4-3-6-23-12/h3-4,6,10-11H,5,7-9H2,1-2H3,(H,16,17)/t10-,11+/m0/s1. The first-order chi connectivity index (χ1) is 12.3. The zero-order chi connectivity index (χ0) is 18.7. The summed E-state index contributed by atoms with van der Waals surface area (Å²) in [6, 6.07) is 3.44. The summed E-state index contributed by atoms with van der Waals surface area (Å²) < 4.78 is 29.1. The molecule has 1 saturated heterocycles.